The monoisotopic (exact) mass is 294 g/mol. The van der Waals surface area contributed by atoms with Crippen LogP contribution in [-0.2, 0) is 4.74 Å². The molecule has 21 heavy (non-hydrogen) atoms. The Morgan fingerprint density at radius 3 is 2.48 bits per heavy atom. The second kappa shape index (κ2) is 6.02. The SMILES string of the molecule is CC(C)(C)OC(=O)N1CCC(c2ccc(F)cc2)C(N)C1. The van der Waals surface area contributed by atoms with E-state index in [9.17, 15) is 9.18 Å². The lowest BCUT2D eigenvalue weighted by atomic mass is 9.86. The first-order valence-electron chi connectivity index (χ1n) is 7.25. The van der Waals surface area contributed by atoms with E-state index in [1.165, 1.54) is 12.1 Å². The molecule has 0 spiro atoms. The molecule has 5 heteroatoms. The van der Waals surface area contributed by atoms with Crippen molar-refractivity contribution in [3.63, 3.8) is 0 Å². The lowest BCUT2D eigenvalue weighted by molar-refractivity contribution is 0.0186. The summed E-state index contributed by atoms with van der Waals surface area (Å²) < 4.78 is 18.3. The second-order valence-corrected chi connectivity index (χ2v) is 6.54. The van der Waals surface area contributed by atoms with Gasteiger partial charge in [-0.2, -0.15) is 0 Å². The molecule has 0 radical (unpaired) electrons. The third kappa shape index (κ3) is 4.17. The maximum Gasteiger partial charge on any atom is 0.410 e. The van der Waals surface area contributed by atoms with Crippen molar-refractivity contribution < 1.29 is 13.9 Å². The lowest BCUT2D eigenvalue weighted by Crippen LogP contribution is -2.50. The minimum atomic E-state index is -0.505. The molecule has 2 unspecified atom stereocenters. The Balaban J connectivity index is 1.99. The summed E-state index contributed by atoms with van der Waals surface area (Å²) in [6.45, 7) is 6.59. The van der Waals surface area contributed by atoms with Crippen LogP contribution in [0.1, 0.15) is 38.7 Å². The quantitative estimate of drug-likeness (QED) is 0.866. The molecule has 2 atom stereocenters. The van der Waals surface area contributed by atoms with E-state index in [2.05, 4.69) is 0 Å². The van der Waals surface area contributed by atoms with E-state index >= 15 is 0 Å². The molecule has 1 aromatic rings. The molecule has 1 heterocycles. The molecule has 2 N–H and O–H groups in total. The zero-order valence-electron chi connectivity index (χ0n) is 12.8. The van der Waals surface area contributed by atoms with Crippen molar-refractivity contribution in [3.05, 3.63) is 35.6 Å². The molecule has 0 saturated carbocycles. The summed E-state index contributed by atoms with van der Waals surface area (Å²) in [6.07, 6.45) is 0.432. The number of nitrogens with two attached hydrogens (primary N) is 1. The van der Waals surface area contributed by atoms with Crippen LogP contribution in [0.2, 0.25) is 0 Å². The van der Waals surface area contributed by atoms with Gasteiger partial charge in [0, 0.05) is 25.0 Å². The first-order valence-corrected chi connectivity index (χ1v) is 7.25. The average Bonchev–Trinajstić information content (AvgIpc) is 2.38. The van der Waals surface area contributed by atoms with Gasteiger partial charge >= 0.3 is 6.09 Å². The van der Waals surface area contributed by atoms with Crippen molar-refractivity contribution in [2.45, 2.75) is 44.8 Å². The van der Waals surface area contributed by atoms with E-state index in [1.54, 1.807) is 17.0 Å². The number of ether oxygens (including phenoxy) is 1. The molecular weight excluding hydrogens is 271 g/mol. The number of rotatable bonds is 1. The Hall–Kier alpha value is -1.62. The molecule has 4 nitrogen and oxygen atoms in total. The van der Waals surface area contributed by atoms with Crippen molar-refractivity contribution in [2.75, 3.05) is 13.1 Å². The van der Waals surface area contributed by atoms with Crippen LogP contribution in [0.15, 0.2) is 24.3 Å². The number of piperidine rings is 1. The molecule has 1 aliphatic heterocycles. The van der Waals surface area contributed by atoms with Gasteiger partial charge < -0.3 is 15.4 Å². The molecule has 1 amide bonds. The summed E-state index contributed by atoms with van der Waals surface area (Å²) in [5.41, 5.74) is 6.71. The van der Waals surface area contributed by atoms with Crippen LogP contribution in [0.5, 0.6) is 0 Å². The van der Waals surface area contributed by atoms with Gasteiger partial charge in [0.2, 0.25) is 0 Å². The van der Waals surface area contributed by atoms with Gasteiger partial charge in [-0.05, 0) is 44.9 Å². The summed E-state index contributed by atoms with van der Waals surface area (Å²) >= 11 is 0. The van der Waals surface area contributed by atoms with E-state index in [1.807, 2.05) is 20.8 Å². The Kier molecular flexibility index (Phi) is 4.52. The molecule has 0 aromatic heterocycles. The Labute approximate surface area is 125 Å². The van der Waals surface area contributed by atoms with Gasteiger partial charge in [-0.15, -0.1) is 0 Å². The largest absolute Gasteiger partial charge is 0.444 e. The van der Waals surface area contributed by atoms with Crippen molar-refractivity contribution in [1.29, 1.82) is 0 Å². The molecule has 1 fully saturated rings. The normalized spacial score (nSPS) is 23.0. The van der Waals surface area contributed by atoms with Crippen LogP contribution < -0.4 is 5.73 Å². The van der Waals surface area contributed by atoms with Gasteiger partial charge in [0.15, 0.2) is 0 Å². The summed E-state index contributed by atoms with van der Waals surface area (Å²) in [4.78, 5) is 13.7. The molecule has 116 valence electrons. The van der Waals surface area contributed by atoms with Gasteiger partial charge in [-0.25, -0.2) is 9.18 Å². The fourth-order valence-electron chi connectivity index (χ4n) is 2.60. The van der Waals surface area contributed by atoms with Crippen LogP contribution >= 0.6 is 0 Å². The van der Waals surface area contributed by atoms with Crippen molar-refractivity contribution in [3.8, 4) is 0 Å². The maximum absolute atomic E-state index is 13.0. The number of likely N-dealkylation sites (tertiary alicyclic amines) is 1. The number of carbonyl (C=O) groups excluding carboxylic acids is 1. The summed E-state index contributed by atoms with van der Waals surface area (Å²) in [5, 5.41) is 0. The number of benzene rings is 1. The Morgan fingerprint density at radius 1 is 1.33 bits per heavy atom. The zero-order valence-corrected chi connectivity index (χ0v) is 12.8. The lowest BCUT2D eigenvalue weighted by Gasteiger charge is -2.37. The highest BCUT2D eigenvalue weighted by molar-refractivity contribution is 5.68. The average molecular weight is 294 g/mol. The zero-order chi connectivity index (χ0) is 15.6. The Morgan fingerprint density at radius 2 is 1.95 bits per heavy atom. The minimum absolute atomic E-state index is 0.143. The summed E-state index contributed by atoms with van der Waals surface area (Å²) in [6, 6.07) is 6.26. The van der Waals surface area contributed by atoms with E-state index in [0.29, 0.717) is 13.1 Å². The highest BCUT2D eigenvalue weighted by Crippen LogP contribution is 2.28. The number of halogens is 1. The smallest absolute Gasteiger partial charge is 0.410 e. The summed E-state index contributed by atoms with van der Waals surface area (Å²) in [5.74, 6) is -0.109. The Bertz CT molecular complexity index is 496. The molecular formula is C16H23FN2O2. The first kappa shape index (κ1) is 15.8. The van der Waals surface area contributed by atoms with Gasteiger partial charge in [-0.3, -0.25) is 0 Å². The topological polar surface area (TPSA) is 55.6 Å². The third-order valence-electron chi connectivity index (χ3n) is 3.61. The van der Waals surface area contributed by atoms with Crippen LogP contribution in [-0.4, -0.2) is 35.7 Å². The fourth-order valence-corrected chi connectivity index (χ4v) is 2.60. The number of hydrogen-bond donors (Lipinski definition) is 1. The van der Waals surface area contributed by atoms with Gasteiger partial charge in [-0.1, -0.05) is 12.1 Å². The standard InChI is InChI=1S/C16H23FN2O2/c1-16(2,3)21-15(20)19-9-8-13(14(18)10-19)11-4-6-12(17)7-5-11/h4-7,13-14H,8-10,18H2,1-3H3. The molecule has 1 aromatic carbocycles. The van der Waals surface area contributed by atoms with Crippen molar-refractivity contribution >= 4 is 6.09 Å². The van der Waals surface area contributed by atoms with E-state index < -0.39 is 5.60 Å². The molecule has 0 bridgehead atoms. The fraction of sp³-hybridized carbons (Fsp3) is 0.562. The van der Waals surface area contributed by atoms with Gasteiger partial charge in [0.1, 0.15) is 11.4 Å². The van der Waals surface area contributed by atoms with E-state index in [-0.39, 0.29) is 23.9 Å². The number of hydrogen-bond acceptors (Lipinski definition) is 3. The number of amides is 1. The third-order valence-corrected chi connectivity index (χ3v) is 3.61. The van der Waals surface area contributed by atoms with E-state index in [0.717, 1.165) is 12.0 Å². The van der Waals surface area contributed by atoms with Crippen molar-refractivity contribution in [2.24, 2.45) is 5.73 Å². The van der Waals surface area contributed by atoms with Crippen molar-refractivity contribution in [1.82, 2.24) is 4.90 Å². The number of nitrogens with zero attached hydrogens (tertiary/aromatic N) is 1. The van der Waals surface area contributed by atoms with Crippen LogP contribution in [0.3, 0.4) is 0 Å². The number of carbonyl (C=O) groups is 1. The highest BCUT2D eigenvalue weighted by atomic mass is 19.1. The van der Waals surface area contributed by atoms with Crippen LogP contribution in [0.25, 0.3) is 0 Å². The van der Waals surface area contributed by atoms with Crippen LogP contribution in [0, 0.1) is 5.82 Å². The van der Waals surface area contributed by atoms with E-state index in [4.69, 9.17) is 10.5 Å². The minimum Gasteiger partial charge on any atom is -0.444 e. The second-order valence-electron chi connectivity index (χ2n) is 6.54. The highest BCUT2D eigenvalue weighted by Gasteiger charge is 2.32. The predicted molar refractivity (Wildman–Crippen MR) is 79.5 cm³/mol. The molecule has 2 rings (SSSR count). The summed E-state index contributed by atoms with van der Waals surface area (Å²) in [7, 11) is 0. The molecule has 0 aliphatic carbocycles. The molecule has 1 aliphatic rings. The van der Waals surface area contributed by atoms with Gasteiger partial charge in [0.25, 0.3) is 0 Å². The predicted octanol–water partition coefficient (Wildman–Crippen LogP) is 2.88. The molecule has 1 saturated heterocycles. The van der Waals surface area contributed by atoms with Crippen LogP contribution in [0.4, 0.5) is 9.18 Å². The first-order chi connectivity index (χ1) is 9.76. The maximum atomic E-state index is 13.0. The van der Waals surface area contributed by atoms with Gasteiger partial charge in [0.05, 0.1) is 0 Å².